The highest BCUT2D eigenvalue weighted by molar-refractivity contribution is 5.43. The Kier molecular flexibility index (Phi) is 3.26. The van der Waals surface area contributed by atoms with E-state index in [1.165, 1.54) is 11.1 Å². The Bertz CT molecular complexity index is 415. The second-order valence-corrected chi connectivity index (χ2v) is 4.68. The highest BCUT2D eigenvalue weighted by Gasteiger charge is 2.17. The van der Waals surface area contributed by atoms with Crippen molar-refractivity contribution in [2.24, 2.45) is 0 Å². The van der Waals surface area contributed by atoms with Crippen LogP contribution < -0.4 is 0 Å². The van der Waals surface area contributed by atoms with Crippen molar-refractivity contribution in [2.45, 2.75) is 32.7 Å². The molecule has 2 nitrogen and oxygen atoms in total. The molecule has 0 saturated heterocycles. The van der Waals surface area contributed by atoms with Crippen molar-refractivity contribution in [1.82, 2.24) is 4.90 Å². The molecule has 0 atom stereocenters. The van der Waals surface area contributed by atoms with E-state index < -0.39 is 0 Å². The molecule has 2 rings (SSSR count). The molecular formula is C14H18N2. The molecule has 1 aromatic rings. The van der Waals surface area contributed by atoms with Crippen LogP contribution in [0, 0.1) is 11.3 Å². The molecule has 0 spiro atoms. The SMILES string of the molecule is CC(C)N1CCc2cccc(C#N)c2CC1. The molecule has 0 aliphatic carbocycles. The number of hydrogen-bond donors (Lipinski definition) is 0. The number of fused-ring (bicyclic) bond motifs is 1. The summed E-state index contributed by atoms with van der Waals surface area (Å²) in [6.45, 7) is 6.66. The van der Waals surface area contributed by atoms with Crippen molar-refractivity contribution >= 4 is 0 Å². The molecule has 1 aliphatic heterocycles. The molecule has 1 aromatic carbocycles. The van der Waals surface area contributed by atoms with Gasteiger partial charge in [0.25, 0.3) is 0 Å². The van der Waals surface area contributed by atoms with Crippen LogP contribution in [0.3, 0.4) is 0 Å². The van der Waals surface area contributed by atoms with Crippen molar-refractivity contribution in [3.63, 3.8) is 0 Å². The maximum absolute atomic E-state index is 9.10. The van der Waals surface area contributed by atoms with Crippen molar-refractivity contribution in [1.29, 1.82) is 5.26 Å². The van der Waals surface area contributed by atoms with Crippen LogP contribution in [0.4, 0.5) is 0 Å². The van der Waals surface area contributed by atoms with Crippen LogP contribution in [0.5, 0.6) is 0 Å². The van der Waals surface area contributed by atoms with Crippen LogP contribution in [0.15, 0.2) is 18.2 Å². The van der Waals surface area contributed by atoms with Crippen molar-refractivity contribution in [3.8, 4) is 6.07 Å². The van der Waals surface area contributed by atoms with Gasteiger partial charge in [0.1, 0.15) is 0 Å². The van der Waals surface area contributed by atoms with Crippen molar-refractivity contribution < 1.29 is 0 Å². The van der Waals surface area contributed by atoms with Crippen LogP contribution >= 0.6 is 0 Å². The average Bonchev–Trinajstić information content (AvgIpc) is 2.50. The quantitative estimate of drug-likeness (QED) is 0.717. The predicted molar refractivity (Wildman–Crippen MR) is 65.3 cm³/mol. The Balaban J connectivity index is 2.28. The lowest BCUT2D eigenvalue weighted by atomic mass is 9.98. The van der Waals surface area contributed by atoms with Gasteiger partial charge >= 0.3 is 0 Å². The smallest absolute Gasteiger partial charge is 0.0994 e. The molecule has 1 heterocycles. The Morgan fingerprint density at radius 2 is 2.00 bits per heavy atom. The summed E-state index contributed by atoms with van der Waals surface area (Å²) in [6, 6.07) is 9.01. The van der Waals surface area contributed by atoms with E-state index >= 15 is 0 Å². The third-order valence-electron chi connectivity index (χ3n) is 3.44. The summed E-state index contributed by atoms with van der Waals surface area (Å²) in [6.07, 6.45) is 2.08. The first-order chi connectivity index (χ1) is 7.72. The minimum atomic E-state index is 0.597. The number of nitriles is 1. The van der Waals surface area contributed by atoms with Crippen LogP contribution in [-0.2, 0) is 12.8 Å². The van der Waals surface area contributed by atoms with Gasteiger partial charge in [0.05, 0.1) is 11.6 Å². The first-order valence-corrected chi connectivity index (χ1v) is 5.97. The zero-order chi connectivity index (χ0) is 11.5. The third kappa shape index (κ3) is 2.10. The maximum atomic E-state index is 9.10. The van der Waals surface area contributed by atoms with Gasteiger partial charge in [0.15, 0.2) is 0 Å². The number of nitrogens with zero attached hydrogens (tertiary/aromatic N) is 2. The number of rotatable bonds is 1. The first kappa shape index (κ1) is 11.2. The van der Waals surface area contributed by atoms with Gasteiger partial charge in [0.2, 0.25) is 0 Å². The first-order valence-electron chi connectivity index (χ1n) is 5.97. The molecule has 1 aliphatic rings. The lowest BCUT2D eigenvalue weighted by Gasteiger charge is -2.23. The van der Waals surface area contributed by atoms with Gasteiger partial charge in [-0.25, -0.2) is 0 Å². The van der Waals surface area contributed by atoms with E-state index in [4.69, 9.17) is 5.26 Å². The molecular weight excluding hydrogens is 196 g/mol. The topological polar surface area (TPSA) is 27.0 Å². The van der Waals surface area contributed by atoms with E-state index in [0.29, 0.717) is 6.04 Å². The minimum Gasteiger partial charge on any atom is -0.300 e. The molecule has 0 aromatic heterocycles. The van der Waals surface area contributed by atoms with E-state index in [-0.39, 0.29) is 0 Å². The monoisotopic (exact) mass is 214 g/mol. The van der Waals surface area contributed by atoms with E-state index in [2.05, 4.69) is 30.9 Å². The second kappa shape index (κ2) is 4.67. The fourth-order valence-corrected chi connectivity index (χ4v) is 2.42. The summed E-state index contributed by atoms with van der Waals surface area (Å²) in [5.74, 6) is 0. The Morgan fingerprint density at radius 1 is 1.25 bits per heavy atom. The van der Waals surface area contributed by atoms with Gasteiger partial charge in [-0.1, -0.05) is 12.1 Å². The summed E-state index contributed by atoms with van der Waals surface area (Å²) in [5.41, 5.74) is 3.50. The Labute approximate surface area is 97.5 Å². The van der Waals surface area contributed by atoms with Gasteiger partial charge in [0, 0.05) is 19.1 Å². The van der Waals surface area contributed by atoms with E-state index in [1.807, 2.05) is 12.1 Å². The fraction of sp³-hybridized carbons (Fsp3) is 0.500. The average molecular weight is 214 g/mol. The van der Waals surface area contributed by atoms with Crippen LogP contribution in [0.2, 0.25) is 0 Å². The Morgan fingerprint density at radius 3 is 2.69 bits per heavy atom. The highest BCUT2D eigenvalue weighted by Crippen LogP contribution is 2.20. The molecule has 0 N–H and O–H groups in total. The standard InChI is InChI=1S/C14H18N2/c1-11(2)16-8-6-12-4-3-5-13(10-15)14(12)7-9-16/h3-5,11H,6-9H2,1-2H3. The second-order valence-electron chi connectivity index (χ2n) is 4.68. The molecule has 0 unspecified atom stereocenters. The zero-order valence-electron chi connectivity index (χ0n) is 10.0. The number of hydrogen-bond acceptors (Lipinski definition) is 2. The highest BCUT2D eigenvalue weighted by atomic mass is 15.1. The third-order valence-corrected chi connectivity index (χ3v) is 3.44. The van der Waals surface area contributed by atoms with E-state index in [1.54, 1.807) is 0 Å². The molecule has 0 saturated carbocycles. The molecule has 16 heavy (non-hydrogen) atoms. The normalized spacial score (nSPS) is 16.6. The van der Waals surface area contributed by atoms with Crippen LogP contribution in [0.1, 0.15) is 30.5 Å². The summed E-state index contributed by atoms with van der Waals surface area (Å²) >= 11 is 0. The van der Waals surface area contributed by atoms with Gasteiger partial charge < -0.3 is 4.90 Å². The minimum absolute atomic E-state index is 0.597. The molecule has 84 valence electrons. The Hall–Kier alpha value is -1.33. The summed E-state index contributed by atoms with van der Waals surface area (Å²) in [5, 5.41) is 9.10. The summed E-state index contributed by atoms with van der Waals surface area (Å²) in [7, 11) is 0. The lowest BCUT2D eigenvalue weighted by molar-refractivity contribution is 0.233. The zero-order valence-corrected chi connectivity index (χ0v) is 10.0. The maximum Gasteiger partial charge on any atom is 0.0994 e. The molecule has 0 bridgehead atoms. The molecule has 2 heteroatoms. The van der Waals surface area contributed by atoms with Crippen LogP contribution in [0.25, 0.3) is 0 Å². The van der Waals surface area contributed by atoms with Gasteiger partial charge in [-0.3, -0.25) is 0 Å². The summed E-state index contributed by atoms with van der Waals surface area (Å²) < 4.78 is 0. The van der Waals surface area contributed by atoms with Gasteiger partial charge in [-0.2, -0.15) is 5.26 Å². The summed E-state index contributed by atoms with van der Waals surface area (Å²) in [4.78, 5) is 2.49. The van der Waals surface area contributed by atoms with Gasteiger partial charge in [-0.05, 0) is 43.9 Å². The largest absolute Gasteiger partial charge is 0.300 e. The van der Waals surface area contributed by atoms with E-state index in [0.717, 1.165) is 31.5 Å². The lowest BCUT2D eigenvalue weighted by Crippen LogP contribution is -2.33. The molecule has 0 fully saturated rings. The van der Waals surface area contributed by atoms with Crippen molar-refractivity contribution in [3.05, 3.63) is 34.9 Å². The van der Waals surface area contributed by atoms with Gasteiger partial charge in [-0.15, -0.1) is 0 Å². The van der Waals surface area contributed by atoms with Crippen molar-refractivity contribution in [2.75, 3.05) is 13.1 Å². The van der Waals surface area contributed by atoms with E-state index in [9.17, 15) is 0 Å². The predicted octanol–water partition coefficient (Wildman–Crippen LogP) is 2.37. The van der Waals surface area contributed by atoms with Crippen LogP contribution in [-0.4, -0.2) is 24.0 Å². The molecule has 0 radical (unpaired) electrons. The molecule has 0 amide bonds. The fourth-order valence-electron chi connectivity index (χ4n) is 2.42. The number of benzene rings is 1.